The number of thioether (sulfide) groups is 1. The molecule has 5 heterocycles. The third-order valence-corrected chi connectivity index (χ3v) is 11.4. The highest BCUT2D eigenvalue weighted by Gasteiger charge is 2.42. The zero-order valence-corrected chi connectivity index (χ0v) is 32.3. The average molecular weight is 823 g/mol. The zero-order valence-electron chi connectivity index (χ0n) is 31.5. The van der Waals surface area contributed by atoms with Crippen LogP contribution in [0, 0.1) is 0 Å². The van der Waals surface area contributed by atoms with E-state index < -0.39 is 23.0 Å². The molecular formula is C36H49F3N10O7S. The van der Waals surface area contributed by atoms with Crippen molar-refractivity contribution < 1.29 is 37.0 Å². The molecular weight excluding hydrogens is 774 g/mol. The van der Waals surface area contributed by atoms with Crippen LogP contribution in [-0.4, -0.2) is 132 Å². The Kier molecular flexibility index (Phi) is 14.9. The van der Waals surface area contributed by atoms with Gasteiger partial charge in [0.25, 0.3) is 5.56 Å². The number of aromatic amines is 1. The number of hydrogen-bond acceptors (Lipinski definition) is 12. The van der Waals surface area contributed by atoms with Crippen LogP contribution in [0.3, 0.4) is 0 Å². The van der Waals surface area contributed by atoms with E-state index in [0.717, 1.165) is 41.7 Å². The van der Waals surface area contributed by atoms with Gasteiger partial charge in [0.05, 0.1) is 76.6 Å². The molecule has 0 bridgehead atoms. The monoisotopic (exact) mass is 822 g/mol. The molecule has 4 N–H and O–H groups in total. The van der Waals surface area contributed by atoms with Crippen molar-refractivity contribution >= 4 is 35.2 Å². The van der Waals surface area contributed by atoms with Crippen LogP contribution in [-0.2, 0) is 38.3 Å². The Hall–Kier alpha value is -4.60. The SMILES string of the molecule is O=C(CCCC[C@@H]1SC[C@@H]2NC(=O)N[C@@H]21)NCCOCCOCCOCCn1cc(Cn2c(=O)cc(N3CCN(c4cccc(C(F)(F)F)c4)CC3)[nH]c2=O)nn1. The van der Waals surface area contributed by atoms with E-state index in [0.29, 0.717) is 108 Å². The number of piperazine rings is 1. The number of H-pyrrole nitrogens is 1. The number of carbonyl (C=O) groups excluding carboxylic acids is 2. The Morgan fingerprint density at radius 1 is 0.930 bits per heavy atom. The summed E-state index contributed by atoms with van der Waals surface area (Å²) < 4.78 is 58.7. The Morgan fingerprint density at radius 2 is 1.67 bits per heavy atom. The summed E-state index contributed by atoms with van der Waals surface area (Å²) in [6.07, 6.45) is 0.405. The molecule has 3 saturated heterocycles. The maximum absolute atomic E-state index is 13.2. The number of aromatic nitrogens is 5. The first-order valence-electron chi connectivity index (χ1n) is 19.1. The van der Waals surface area contributed by atoms with Gasteiger partial charge >= 0.3 is 17.9 Å². The lowest BCUT2D eigenvalue weighted by molar-refractivity contribution is -0.137. The molecule has 0 unspecified atom stereocenters. The molecule has 17 nitrogen and oxygen atoms in total. The molecule has 3 atom stereocenters. The quantitative estimate of drug-likeness (QED) is 0.0895. The number of alkyl halides is 3. The second-order valence-electron chi connectivity index (χ2n) is 13.9. The van der Waals surface area contributed by atoms with Crippen molar-refractivity contribution in [1.29, 1.82) is 0 Å². The first kappa shape index (κ1) is 42.0. The molecule has 3 aliphatic rings. The third-order valence-electron chi connectivity index (χ3n) is 9.93. The third kappa shape index (κ3) is 12.2. The minimum atomic E-state index is -4.43. The largest absolute Gasteiger partial charge is 0.416 e. The van der Waals surface area contributed by atoms with E-state index in [1.54, 1.807) is 16.9 Å². The highest BCUT2D eigenvalue weighted by atomic mass is 32.2. The summed E-state index contributed by atoms with van der Waals surface area (Å²) in [5.41, 5.74) is -0.952. The van der Waals surface area contributed by atoms with Gasteiger partial charge < -0.3 is 40.0 Å². The normalized spacial score (nSPS) is 19.4. The molecule has 0 saturated carbocycles. The number of nitrogens with zero attached hydrogens (tertiary/aromatic N) is 6. The number of halogens is 3. The fourth-order valence-electron chi connectivity index (χ4n) is 6.92. The van der Waals surface area contributed by atoms with Gasteiger partial charge in [-0.1, -0.05) is 17.7 Å². The molecule has 1 aromatic carbocycles. The van der Waals surface area contributed by atoms with Crippen LogP contribution < -0.4 is 37.0 Å². The van der Waals surface area contributed by atoms with Gasteiger partial charge in [-0.15, -0.1) is 5.10 Å². The van der Waals surface area contributed by atoms with Crippen molar-refractivity contribution in [1.82, 2.24) is 40.5 Å². The lowest BCUT2D eigenvalue weighted by Gasteiger charge is -2.37. The highest BCUT2D eigenvalue weighted by molar-refractivity contribution is 8.00. The number of carbonyl (C=O) groups is 2. The number of rotatable bonds is 21. The van der Waals surface area contributed by atoms with E-state index in [9.17, 15) is 32.3 Å². The molecule has 3 aromatic rings. The van der Waals surface area contributed by atoms with E-state index in [1.807, 2.05) is 21.6 Å². The minimum absolute atomic E-state index is 0.00509. The van der Waals surface area contributed by atoms with Crippen molar-refractivity contribution in [2.75, 3.05) is 87.9 Å². The van der Waals surface area contributed by atoms with Gasteiger partial charge in [-0.05, 0) is 31.0 Å². The van der Waals surface area contributed by atoms with Crippen LogP contribution in [0.5, 0.6) is 0 Å². The second-order valence-corrected chi connectivity index (χ2v) is 15.2. The number of benzene rings is 1. The molecule has 3 aliphatic heterocycles. The van der Waals surface area contributed by atoms with Gasteiger partial charge in [0.15, 0.2) is 0 Å². The topological polar surface area (TPSA) is 190 Å². The fraction of sp³-hybridized carbons (Fsp3) is 0.611. The summed E-state index contributed by atoms with van der Waals surface area (Å²) in [4.78, 5) is 55.8. The molecule has 0 aliphatic carbocycles. The van der Waals surface area contributed by atoms with Gasteiger partial charge in [-0.25, -0.2) is 14.3 Å². The highest BCUT2D eigenvalue weighted by Crippen LogP contribution is 2.33. The second kappa shape index (κ2) is 20.2. The summed E-state index contributed by atoms with van der Waals surface area (Å²) in [5.74, 6) is 1.29. The predicted molar refractivity (Wildman–Crippen MR) is 206 cm³/mol. The maximum atomic E-state index is 13.2. The van der Waals surface area contributed by atoms with Crippen LogP contribution in [0.15, 0.2) is 46.1 Å². The van der Waals surface area contributed by atoms with Gasteiger partial charge in [0.2, 0.25) is 5.91 Å². The Morgan fingerprint density at radius 3 is 2.42 bits per heavy atom. The molecule has 0 spiro atoms. The smallest absolute Gasteiger partial charge is 0.377 e. The summed E-state index contributed by atoms with van der Waals surface area (Å²) in [7, 11) is 0. The summed E-state index contributed by atoms with van der Waals surface area (Å²) in [6.45, 7) is 4.64. The zero-order chi connectivity index (χ0) is 40.2. The Bertz CT molecular complexity index is 1870. The van der Waals surface area contributed by atoms with Crippen LogP contribution in [0.4, 0.5) is 29.5 Å². The molecule has 312 valence electrons. The fourth-order valence-corrected chi connectivity index (χ4v) is 8.46. The van der Waals surface area contributed by atoms with Gasteiger partial charge in [-0.3, -0.25) is 19.1 Å². The van der Waals surface area contributed by atoms with E-state index in [-0.39, 0.29) is 30.6 Å². The summed E-state index contributed by atoms with van der Waals surface area (Å²) in [5, 5.41) is 17.3. The molecule has 21 heteroatoms. The van der Waals surface area contributed by atoms with Crippen LogP contribution in [0.2, 0.25) is 0 Å². The van der Waals surface area contributed by atoms with E-state index in [2.05, 4.69) is 31.2 Å². The first-order valence-corrected chi connectivity index (χ1v) is 20.2. The average Bonchev–Trinajstić information content (AvgIpc) is 3.91. The lowest BCUT2D eigenvalue weighted by Crippen LogP contribution is -2.48. The van der Waals surface area contributed by atoms with Crippen molar-refractivity contribution in [2.24, 2.45) is 0 Å². The number of unbranched alkanes of at least 4 members (excludes halogenated alkanes) is 1. The van der Waals surface area contributed by atoms with Crippen molar-refractivity contribution in [2.45, 2.75) is 62.3 Å². The number of amides is 3. The van der Waals surface area contributed by atoms with Crippen LogP contribution in [0.25, 0.3) is 0 Å². The number of ether oxygens (including phenoxy) is 3. The predicted octanol–water partition coefficient (Wildman–Crippen LogP) is 1.41. The van der Waals surface area contributed by atoms with Gasteiger partial charge in [0.1, 0.15) is 11.5 Å². The molecule has 6 rings (SSSR count). The van der Waals surface area contributed by atoms with Crippen molar-refractivity contribution in [3.05, 3.63) is 68.6 Å². The minimum Gasteiger partial charge on any atom is -0.377 e. The lowest BCUT2D eigenvalue weighted by atomic mass is 10.0. The van der Waals surface area contributed by atoms with Gasteiger partial charge in [0, 0.05) is 61.9 Å². The van der Waals surface area contributed by atoms with Gasteiger partial charge in [-0.2, -0.15) is 24.9 Å². The number of anilines is 2. The van der Waals surface area contributed by atoms with Crippen molar-refractivity contribution in [3.8, 4) is 0 Å². The van der Waals surface area contributed by atoms with Crippen molar-refractivity contribution in [3.63, 3.8) is 0 Å². The molecule has 0 radical (unpaired) electrons. The standard InChI is InChI=1S/C36H49F3N10O7S/c37-36(38,39)25-4-3-5-27(20-25)46-9-11-47(12-10-46)30-21-32(51)49(35(53)42-30)23-26-22-48(45-44-26)13-15-55-17-19-56-18-16-54-14-8-40-31(50)7-2-1-6-29-33-28(24-57-29)41-34(52)43-33/h3-5,20-22,28-29,33H,1-2,6-19,23-24H2,(H,40,50)(H,42,53)(H2,41,43,52)/t28-,29-,33-/m0/s1. The Labute approximate surface area is 331 Å². The molecule has 3 amide bonds. The van der Waals surface area contributed by atoms with Crippen LogP contribution >= 0.6 is 11.8 Å². The van der Waals surface area contributed by atoms with E-state index in [4.69, 9.17) is 14.2 Å². The molecule has 2 aromatic heterocycles. The molecule has 57 heavy (non-hydrogen) atoms. The number of hydrogen-bond donors (Lipinski definition) is 4. The maximum Gasteiger partial charge on any atom is 0.416 e. The summed E-state index contributed by atoms with van der Waals surface area (Å²) in [6, 6.07) is 6.84. The van der Waals surface area contributed by atoms with E-state index >= 15 is 0 Å². The van der Waals surface area contributed by atoms with Crippen LogP contribution in [0.1, 0.15) is 36.9 Å². The number of fused-ring (bicyclic) bond motifs is 1. The van der Waals surface area contributed by atoms with E-state index in [1.165, 1.54) is 12.1 Å². The first-order chi connectivity index (χ1) is 27.5. The number of urea groups is 1. The Balaban J connectivity index is 0.777. The molecule has 3 fully saturated rings. The number of nitrogens with one attached hydrogen (secondary N) is 4. The summed E-state index contributed by atoms with van der Waals surface area (Å²) >= 11 is 1.88.